The molecule has 4 rings (SSSR count). The van der Waals surface area contributed by atoms with Crippen LogP contribution < -0.4 is 5.48 Å². The van der Waals surface area contributed by atoms with Crippen molar-refractivity contribution in [3.63, 3.8) is 0 Å². The number of ether oxygens (including phenoxy) is 1. The number of benzene rings is 1. The molecule has 1 aromatic carbocycles. The normalized spacial score (nSPS) is 25.8. The average molecular weight is 334 g/mol. The summed E-state index contributed by atoms with van der Waals surface area (Å²) >= 11 is 0. The third-order valence-electron chi connectivity index (χ3n) is 5.93. The number of fused-ring (bicyclic) bond motifs is 1. The molecule has 1 amide bonds. The highest BCUT2D eigenvalue weighted by molar-refractivity contribution is 5.93. The summed E-state index contributed by atoms with van der Waals surface area (Å²) in [6.45, 7) is 2.26. The minimum Gasteiger partial charge on any atom is -0.375 e. The minimum absolute atomic E-state index is 0.0881. The van der Waals surface area contributed by atoms with Gasteiger partial charge in [0, 0.05) is 36.9 Å². The van der Waals surface area contributed by atoms with Crippen molar-refractivity contribution in [3.05, 3.63) is 34.6 Å². The Kier molecular flexibility index (Phi) is 4.06. The van der Waals surface area contributed by atoms with Gasteiger partial charge in [-0.2, -0.15) is 0 Å². The Hall–Kier alpha value is -1.50. The van der Waals surface area contributed by atoms with E-state index in [1.165, 1.54) is 12.5 Å². The van der Waals surface area contributed by atoms with Crippen molar-refractivity contribution in [1.29, 1.82) is 0 Å². The summed E-state index contributed by atoms with van der Waals surface area (Å²) < 4.78 is 20.5. The summed E-state index contributed by atoms with van der Waals surface area (Å²) in [5, 5.41) is 8.73. The van der Waals surface area contributed by atoms with E-state index in [2.05, 4.69) is 4.90 Å². The molecule has 2 heterocycles. The van der Waals surface area contributed by atoms with Gasteiger partial charge in [0.1, 0.15) is 5.82 Å². The van der Waals surface area contributed by atoms with Crippen LogP contribution in [-0.2, 0) is 17.7 Å². The van der Waals surface area contributed by atoms with E-state index < -0.39 is 5.91 Å². The average Bonchev–Trinajstić information content (AvgIpc) is 2.59. The van der Waals surface area contributed by atoms with Crippen LogP contribution >= 0.6 is 0 Å². The first-order valence-electron chi connectivity index (χ1n) is 8.74. The predicted molar refractivity (Wildman–Crippen MR) is 85.3 cm³/mol. The van der Waals surface area contributed by atoms with Crippen LogP contribution in [0, 0.1) is 5.82 Å². The molecular weight excluding hydrogens is 311 g/mol. The van der Waals surface area contributed by atoms with Crippen LogP contribution in [0.4, 0.5) is 4.39 Å². The molecule has 1 aromatic rings. The second kappa shape index (κ2) is 6.10. The molecule has 1 aliphatic carbocycles. The van der Waals surface area contributed by atoms with Gasteiger partial charge < -0.3 is 4.74 Å². The van der Waals surface area contributed by atoms with Crippen LogP contribution in [0.15, 0.2) is 12.1 Å². The molecule has 0 bridgehead atoms. The molecule has 1 unspecified atom stereocenters. The summed E-state index contributed by atoms with van der Waals surface area (Å²) in [5.74, 6) is -1.03. The lowest BCUT2D eigenvalue weighted by Crippen LogP contribution is -2.53. The van der Waals surface area contributed by atoms with E-state index in [9.17, 15) is 9.18 Å². The molecule has 1 atom stereocenters. The van der Waals surface area contributed by atoms with Crippen molar-refractivity contribution in [1.82, 2.24) is 10.4 Å². The standard InChI is InChI=1S/C18H23FN2O3/c19-16-9-13(17(22)20-23)8-12-2-6-21(11-15(12)16)14-3-7-24-18(10-14)4-1-5-18/h8-9,14,23H,1-7,10-11H2,(H,20,22). The van der Waals surface area contributed by atoms with Gasteiger partial charge in [-0.25, -0.2) is 9.87 Å². The zero-order valence-corrected chi connectivity index (χ0v) is 13.7. The van der Waals surface area contributed by atoms with Crippen molar-refractivity contribution >= 4 is 5.91 Å². The maximum Gasteiger partial charge on any atom is 0.274 e. The van der Waals surface area contributed by atoms with E-state index in [1.807, 2.05) is 0 Å². The zero-order valence-electron chi connectivity index (χ0n) is 13.7. The number of carbonyl (C=O) groups excluding carboxylic acids is 1. The summed E-state index contributed by atoms with van der Waals surface area (Å²) in [5.41, 5.74) is 3.38. The van der Waals surface area contributed by atoms with Crippen molar-refractivity contribution < 1.29 is 19.1 Å². The number of carbonyl (C=O) groups is 1. The minimum atomic E-state index is -0.671. The van der Waals surface area contributed by atoms with Gasteiger partial charge in [0.15, 0.2) is 0 Å². The fourth-order valence-corrected chi connectivity index (χ4v) is 4.38. The van der Waals surface area contributed by atoms with E-state index in [0.29, 0.717) is 18.2 Å². The van der Waals surface area contributed by atoms with Gasteiger partial charge in [0.25, 0.3) is 5.91 Å². The maximum absolute atomic E-state index is 14.5. The Balaban J connectivity index is 1.52. The summed E-state index contributed by atoms with van der Waals surface area (Å²) in [7, 11) is 0. The van der Waals surface area contributed by atoms with Crippen molar-refractivity contribution in [2.45, 2.75) is 56.7 Å². The van der Waals surface area contributed by atoms with Gasteiger partial charge in [0.05, 0.1) is 5.60 Å². The summed E-state index contributed by atoms with van der Waals surface area (Å²) in [4.78, 5) is 13.9. The highest BCUT2D eigenvalue weighted by atomic mass is 19.1. The quantitative estimate of drug-likeness (QED) is 0.644. The van der Waals surface area contributed by atoms with Gasteiger partial charge in [-0.15, -0.1) is 0 Å². The first kappa shape index (κ1) is 16.0. The van der Waals surface area contributed by atoms with Crippen LogP contribution in [0.3, 0.4) is 0 Å². The molecule has 1 saturated heterocycles. The highest BCUT2D eigenvalue weighted by Gasteiger charge is 2.44. The van der Waals surface area contributed by atoms with E-state index in [1.54, 1.807) is 11.5 Å². The lowest BCUT2D eigenvalue weighted by Gasteiger charge is -2.50. The molecule has 5 nitrogen and oxygen atoms in total. The summed E-state index contributed by atoms with van der Waals surface area (Å²) in [6.07, 6.45) is 6.34. The lowest BCUT2D eigenvalue weighted by molar-refractivity contribution is -0.149. The van der Waals surface area contributed by atoms with Crippen LogP contribution in [0.5, 0.6) is 0 Å². The van der Waals surface area contributed by atoms with Gasteiger partial charge >= 0.3 is 0 Å². The summed E-state index contributed by atoms with van der Waals surface area (Å²) in [6, 6.07) is 3.36. The molecule has 0 radical (unpaired) electrons. The first-order chi connectivity index (χ1) is 11.6. The van der Waals surface area contributed by atoms with E-state index in [-0.39, 0.29) is 17.0 Å². The van der Waals surface area contributed by atoms with Crippen LogP contribution in [0.1, 0.15) is 53.6 Å². The lowest BCUT2D eigenvalue weighted by atomic mass is 9.73. The Labute approximate surface area is 140 Å². The number of halogens is 1. The second-order valence-corrected chi connectivity index (χ2v) is 7.29. The van der Waals surface area contributed by atoms with Crippen molar-refractivity contribution in [3.8, 4) is 0 Å². The number of hydrogen-bond acceptors (Lipinski definition) is 4. The Bertz CT molecular complexity index is 660. The van der Waals surface area contributed by atoms with Crippen LogP contribution in [0.2, 0.25) is 0 Å². The molecule has 1 saturated carbocycles. The highest BCUT2D eigenvalue weighted by Crippen LogP contribution is 2.44. The third-order valence-corrected chi connectivity index (χ3v) is 5.93. The number of hydrogen-bond donors (Lipinski definition) is 2. The van der Waals surface area contributed by atoms with Crippen LogP contribution in [0.25, 0.3) is 0 Å². The zero-order chi connectivity index (χ0) is 16.7. The third kappa shape index (κ3) is 2.72. The SMILES string of the molecule is O=C(NO)c1cc(F)c2c(c1)CCN(C1CCOC3(CCC3)C1)C2. The number of rotatable bonds is 2. The van der Waals surface area contributed by atoms with Crippen molar-refractivity contribution in [2.75, 3.05) is 13.2 Å². The Morgan fingerprint density at radius 3 is 2.96 bits per heavy atom. The van der Waals surface area contributed by atoms with E-state index in [4.69, 9.17) is 9.94 Å². The molecule has 3 aliphatic rings. The van der Waals surface area contributed by atoms with E-state index in [0.717, 1.165) is 50.8 Å². The molecule has 6 heteroatoms. The number of hydroxylamine groups is 1. The monoisotopic (exact) mass is 334 g/mol. The molecule has 130 valence electrons. The Morgan fingerprint density at radius 1 is 1.42 bits per heavy atom. The molecule has 1 spiro atoms. The largest absolute Gasteiger partial charge is 0.375 e. The molecule has 2 aliphatic heterocycles. The second-order valence-electron chi connectivity index (χ2n) is 7.29. The molecule has 2 N–H and O–H groups in total. The Morgan fingerprint density at radius 2 is 2.25 bits per heavy atom. The molecular formula is C18H23FN2O3. The fraction of sp³-hybridized carbons (Fsp3) is 0.611. The van der Waals surface area contributed by atoms with Crippen LogP contribution in [-0.4, -0.2) is 40.8 Å². The van der Waals surface area contributed by atoms with Crippen molar-refractivity contribution in [2.24, 2.45) is 0 Å². The molecule has 2 fully saturated rings. The molecule has 0 aromatic heterocycles. The number of nitrogens with zero attached hydrogens (tertiary/aromatic N) is 1. The van der Waals surface area contributed by atoms with E-state index >= 15 is 0 Å². The molecule has 24 heavy (non-hydrogen) atoms. The topological polar surface area (TPSA) is 61.8 Å². The fourth-order valence-electron chi connectivity index (χ4n) is 4.38. The smallest absolute Gasteiger partial charge is 0.274 e. The van der Waals surface area contributed by atoms with Gasteiger partial charge in [-0.1, -0.05) is 0 Å². The number of nitrogens with one attached hydrogen (secondary N) is 1. The van der Waals surface area contributed by atoms with Gasteiger partial charge in [0.2, 0.25) is 0 Å². The van der Waals surface area contributed by atoms with Gasteiger partial charge in [-0.3, -0.25) is 14.9 Å². The predicted octanol–water partition coefficient (Wildman–Crippen LogP) is 2.40. The number of amides is 1. The maximum atomic E-state index is 14.5. The van der Waals surface area contributed by atoms with Gasteiger partial charge in [-0.05, 0) is 56.2 Å². The first-order valence-corrected chi connectivity index (χ1v) is 8.74.